The quantitative estimate of drug-likeness (QED) is 0.867. The number of fused-ring (bicyclic) bond motifs is 1. The zero-order valence-electron chi connectivity index (χ0n) is 12.4. The van der Waals surface area contributed by atoms with Crippen molar-refractivity contribution in [3.8, 4) is 0 Å². The van der Waals surface area contributed by atoms with E-state index < -0.39 is 0 Å². The number of amides is 1. The molecule has 1 aromatic carbocycles. The lowest BCUT2D eigenvalue weighted by Crippen LogP contribution is -2.48. The summed E-state index contributed by atoms with van der Waals surface area (Å²) in [4.78, 5) is 14.1. The Bertz CT molecular complexity index is 528. The average molecular weight is 273 g/mol. The molecule has 1 amide bonds. The monoisotopic (exact) mass is 273 g/mol. The van der Waals surface area contributed by atoms with Crippen molar-refractivity contribution in [2.24, 2.45) is 5.92 Å². The molecular weight excluding hydrogens is 250 g/mol. The molecule has 2 aliphatic rings. The van der Waals surface area contributed by atoms with E-state index in [1.54, 1.807) is 0 Å². The van der Waals surface area contributed by atoms with E-state index in [0.29, 0.717) is 24.5 Å². The summed E-state index contributed by atoms with van der Waals surface area (Å²) < 4.78 is 0. The minimum absolute atomic E-state index is 0.0495. The summed E-state index contributed by atoms with van der Waals surface area (Å²) in [5.74, 6) is 0.659. The van der Waals surface area contributed by atoms with Crippen molar-refractivity contribution < 1.29 is 4.79 Å². The maximum absolute atomic E-state index is 11.7. The summed E-state index contributed by atoms with van der Waals surface area (Å²) in [5, 5.41) is 6.49. The number of anilines is 1. The number of benzene rings is 1. The highest BCUT2D eigenvalue weighted by molar-refractivity contribution is 5.99. The standard InChI is InChI=1S/C16H23N3O/c1-10-9-19(3)11(2)6-15(10)18-13-5-4-12-8-17-16(20)14(12)7-13/h4-5,7,10-11,15,18H,6,8-9H2,1-3H3,(H,17,20). The van der Waals surface area contributed by atoms with Gasteiger partial charge in [0.05, 0.1) is 0 Å². The van der Waals surface area contributed by atoms with E-state index >= 15 is 0 Å². The maximum Gasteiger partial charge on any atom is 0.251 e. The van der Waals surface area contributed by atoms with Gasteiger partial charge < -0.3 is 15.5 Å². The van der Waals surface area contributed by atoms with Gasteiger partial charge >= 0.3 is 0 Å². The molecule has 3 rings (SSSR count). The van der Waals surface area contributed by atoms with Gasteiger partial charge in [-0.1, -0.05) is 13.0 Å². The van der Waals surface area contributed by atoms with Gasteiger partial charge in [-0.25, -0.2) is 0 Å². The maximum atomic E-state index is 11.7. The number of nitrogens with zero attached hydrogens (tertiary/aromatic N) is 1. The fraction of sp³-hybridized carbons (Fsp3) is 0.562. The van der Waals surface area contributed by atoms with Crippen LogP contribution in [0.3, 0.4) is 0 Å². The van der Waals surface area contributed by atoms with Crippen molar-refractivity contribution in [1.82, 2.24) is 10.2 Å². The third-order valence-electron chi connectivity index (χ3n) is 4.76. The van der Waals surface area contributed by atoms with Gasteiger partial charge in [0.25, 0.3) is 5.91 Å². The molecule has 2 aliphatic heterocycles. The van der Waals surface area contributed by atoms with Crippen LogP contribution in [0.5, 0.6) is 0 Å². The molecule has 0 aliphatic carbocycles. The van der Waals surface area contributed by atoms with E-state index in [0.717, 1.165) is 29.8 Å². The highest BCUT2D eigenvalue weighted by atomic mass is 16.1. The lowest BCUT2D eigenvalue weighted by atomic mass is 9.89. The van der Waals surface area contributed by atoms with Crippen molar-refractivity contribution in [3.05, 3.63) is 29.3 Å². The van der Waals surface area contributed by atoms with Gasteiger partial charge in [-0.2, -0.15) is 0 Å². The smallest absolute Gasteiger partial charge is 0.251 e. The van der Waals surface area contributed by atoms with E-state index in [1.807, 2.05) is 6.07 Å². The van der Waals surface area contributed by atoms with Crippen LogP contribution in [-0.4, -0.2) is 36.5 Å². The molecule has 0 radical (unpaired) electrons. The van der Waals surface area contributed by atoms with Gasteiger partial charge in [-0.15, -0.1) is 0 Å². The summed E-state index contributed by atoms with van der Waals surface area (Å²) in [6.07, 6.45) is 1.14. The molecule has 2 N–H and O–H groups in total. The number of carbonyl (C=O) groups excluding carboxylic acids is 1. The summed E-state index contributed by atoms with van der Waals surface area (Å²) >= 11 is 0. The first-order valence-corrected chi connectivity index (χ1v) is 7.42. The number of nitrogens with one attached hydrogen (secondary N) is 2. The summed E-state index contributed by atoms with van der Waals surface area (Å²) in [5.41, 5.74) is 2.99. The fourth-order valence-electron chi connectivity index (χ4n) is 3.26. The first-order chi connectivity index (χ1) is 9.54. The Morgan fingerprint density at radius 3 is 2.95 bits per heavy atom. The van der Waals surface area contributed by atoms with E-state index in [2.05, 4.69) is 48.6 Å². The largest absolute Gasteiger partial charge is 0.382 e. The van der Waals surface area contributed by atoms with Gasteiger partial charge in [0.1, 0.15) is 0 Å². The molecule has 0 aromatic heterocycles. The highest BCUT2D eigenvalue weighted by Gasteiger charge is 2.29. The zero-order valence-corrected chi connectivity index (χ0v) is 12.4. The van der Waals surface area contributed by atoms with E-state index in [9.17, 15) is 4.79 Å². The Morgan fingerprint density at radius 2 is 2.15 bits per heavy atom. The third-order valence-corrected chi connectivity index (χ3v) is 4.76. The van der Waals surface area contributed by atoms with Crippen LogP contribution in [0.4, 0.5) is 5.69 Å². The number of likely N-dealkylation sites (tertiary alicyclic amines) is 1. The molecule has 20 heavy (non-hydrogen) atoms. The predicted octanol–water partition coefficient (Wildman–Crippen LogP) is 2.07. The zero-order chi connectivity index (χ0) is 14.3. The Kier molecular flexibility index (Phi) is 3.42. The molecule has 1 aromatic rings. The number of carbonyl (C=O) groups is 1. The summed E-state index contributed by atoms with van der Waals surface area (Å²) in [6.45, 7) is 6.34. The van der Waals surface area contributed by atoms with Crippen LogP contribution >= 0.6 is 0 Å². The first kappa shape index (κ1) is 13.4. The minimum atomic E-state index is 0.0495. The Labute approximate surface area is 120 Å². The molecule has 0 spiro atoms. The summed E-state index contributed by atoms with van der Waals surface area (Å²) in [6, 6.07) is 7.21. The van der Waals surface area contributed by atoms with Crippen molar-refractivity contribution in [2.45, 2.75) is 38.9 Å². The average Bonchev–Trinajstić information content (AvgIpc) is 2.78. The molecule has 2 heterocycles. The second-order valence-electron chi connectivity index (χ2n) is 6.31. The third kappa shape index (κ3) is 2.40. The number of piperidine rings is 1. The first-order valence-electron chi connectivity index (χ1n) is 7.42. The van der Waals surface area contributed by atoms with Crippen molar-refractivity contribution in [1.29, 1.82) is 0 Å². The lowest BCUT2D eigenvalue weighted by molar-refractivity contribution is 0.0966. The van der Waals surface area contributed by atoms with Gasteiger partial charge in [-0.05, 0) is 44.0 Å². The summed E-state index contributed by atoms with van der Waals surface area (Å²) in [7, 11) is 2.19. The lowest BCUT2D eigenvalue weighted by Gasteiger charge is -2.40. The van der Waals surface area contributed by atoms with E-state index in [1.165, 1.54) is 0 Å². The number of hydrogen-bond acceptors (Lipinski definition) is 3. The number of hydrogen-bond donors (Lipinski definition) is 2. The molecule has 0 saturated carbocycles. The number of rotatable bonds is 2. The topological polar surface area (TPSA) is 44.4 Å². The molecule has 3 unspecified atom stereocenters. The van der Waals surface area contributed by atoms with Crippen molar-refractivity contribution >= 4 is 11.6 Å². The van der Waals surface area contributed by atoms with Crippen LogP contribution in [0.2, 0.25) is 0 Å². The van der Waals surface area contributed by atoms with Gasteiger partial charge in [0.15, 0.2) is 0 Å². The molecular formula is C16H23N3O. The normalized spacial score (nSPS) is 29.9. The molecule has 3 atom stereocenters. The second-order valence-corrected chi connectivity index (χ2v) is 6.31. The predicted molar refractivity (Wildman–Crippen MR) is 80.9 cm³/mol. The SMILES string of the molecule is CC1CN(C)C(C)CC1Nc1ccc2c(c1)C(=O)NC2. The molecule has 0 bridgehead atoms. The Morgan fingerprint density at radius 1 is 1.35 bits per heavy atom. The van der Waals surface area contributed by atoms with E-state index in [-0.39, 0.29) is 5.91 Å². The molecule has 108 valence electrons. The fourth-order valence-corrected chi connectivity index (χ4v) is 3.26. The van der Waals surface area contributed by atoms with Crippen LogP contribution in [0.15, 0.2) is 18.2 Å². The van der Waals surface area contributed by atoms with Gasteiger partial charge in [0, 0.05) is 36.4 Å². The van der Waals surface area contributed by atoms with Crippen LogP contribution in [0, 0.1) is 5.92 Å². The van der Waals surface area contributed by atoms with Gasteiger partial charge in [-0.3, -0.25) is 4.79 Å². The van der Waals surface area contributed by atoms with Crippen LogP contribution in [0.1, 0.15) is 36.2 Å². The molecule has 1 fully saturated rings. The Hall–Kier alpha value is -1.55. The van der Waals surface area contributed by atoms with Crippen molar-refractivity contribution in [2.75, 3.05) is 18.9 Å². The van der Waals surface area contributed by atoms with Crippen LogP contribution in [0.25, 0.3) is 0 Å². The van der Waals surface area contributed by atoms with E-state index in [4.69, 9.17) is 0 Å². The van der Waals surface area contributed by atoms with Crippen LogP contribution < -0.4 is 10.6 Å². The minimum Gasteiger partial charge on any atom is -0.382 e. The molecule has 4 nitrogen and oxygen atoms in total. The van der Waals surface area contributed by atoms with Gasteiger partial charge in [0.2, 0.25) is 0 Å². The molecule has 4 heteroatoms. The highest BCUT2D eigenvalue weighted by Crippen LogP contribution is 2.26. The Balaban J connectivity index is 1.75. The molecule has 1 saturated heterocycles. The van der Waals surface area contributed by atoms with Crippen molar-refractivity contribution in [3.63, 3.8) is 0 Å². The van der Waals surface area contributed by atoms with Crippen LogP contribution in [-0.2, 0) is 6.54 Å². The second kappa shape index (κ2) is 5.09.